The molecule has 0 aliphatic heterocycles. The summed E-state index contributed by atoms with van der Waals surface area (Å²) >= 11 is 0. The molecule has 1 saturated carbocycles. The van der Waals surface area contributed by atoms with Crippen molar-refractivity contribution in [3.63, 3.8) is 0 Å². The zero-order chi connectivity index (χ0) is 13.8. The third-order valence-electron chi connectivity index (χ3n) is 4.98. The molecule has 1 aromatic heterocycles. The first-order valence-corrected chi connectivity index (χ1v) is 6.58. The summed E-state index contributed by atoms with van der Waals surface area (Å²) < 4.78 is 0. The molecule has 1 amide bonds. The second kappa shape index (κ2) is 3.59. The van der Waals surface area contributed by atoms with Gasteiger partial charge in [0.25, 0.3) is 5.91 Å². The van der Waals surface area contributed by atoms with Crippen molar-refractivity contribution in [1.29, 1.82) is 0 Å². The number of hydrogen-bond acceptors (Lipinski definition) is 2. The lowest BCUT2D eigenvalue weighted by Crippen LogP contribution is -2.29. The van der Waals surface area contributed by atoms with Crippen LogP contribution in [0.2, 0.25) is 0 Å². The van der Waals surface area contributed by atoms with Gasteiger partial charge in [0, 0.05) is 11.6 Å². The van der Waals surface area contributed by atoms with Crippen LogP contribution in [0, 0.1) is 10.8 Å². The van der Waals surface area contributed by atoms with Crippen LogP contribution in [0.15, 0.2) is 24.5 Å². The van der Waals surface area contributed by atoms with E-state index in [9.17, 15) is 4.79 Å². The Balaban J connectivity index is 1.81. The van der Waals surface area contributed by atoms with Crippen molar-refractivity contribution < 1.29 is 4.79 Å². The highest BCUT2D eigenvalue weighted by atomic mass is 16.1. The maximum absolute atomic E-state index is 12.3. The van der Waals surface area contributed by atoms with Crippen LogP contribution in [0.4, 0.5) is 0 Å². The smallest absolute Gasteiger partial charge is 0.251 e. The van der Waals surface area contributed by atoms with Crippen LogP contribution in [-0.4, -0.2) is 21.9 Å². The summed E-state index contributed by atoms with van der Waals surface area (Å²) in [7, 11) is 0. The molecule has 1 heterocycles. The average Bonchev–Trinajstić information content (AvgIpc) is 2.76. The molecule has 2 N–H and O–H groups in total. The van der Waals surface area contributed by atoms with Gasteiger partial charge in [-0.15, -0.1) is 0 Å². The van der Waals surface area contributed by atoms with Crippen molar-refractivity contribution in [2.45, 2.75) is 33.7 Å². The second-order valence-electron chi connectivity index (χ2n) is 6.48. The number of hydrogen-bond donors (Lipinski definition) is 2. The van der Waals surface area contributed by atoms with Crippen molar-refractivity contribution in [2.75, 3.05) is 0 Å². The summed E-state index contributed by atoms with van der Waals surface area (Å²) in [6.45, 7) is 8.76. The minimum Gasteiger partial charge on any atom is -0.348 e. The Hall–Kier alpha value is -1.84. The highest BCUT2D eigenvalue weighted by Crippen LogP contribution is 2.62. The van der Waals surface area contributed by atoms with E-state index in [4.69, 9.17) is 0 Å². The van der Waals surface area contributed by atoms with Crippen molar-refractivity contribution in [2.24, 2.45) is 10.8 Å². The van der Waals surface area contributed by atoms with Gasteiger partial charge in [0.1, 0.15) is 0 Å². The molecule has 100 valence electrons. The molecule has 1 aliphatic carbocycles. The summed E-state index contributed by atoms with van der Waals surface area (Å²) in [5.74, 6) is -0.0137. The minimum absolute atomic E-state index is 0.0137. The first-order valence-electron chi connectivity index (χ1n) is 6.58. The van der Waals surface area contributed by atoms with Gasteiger partial charge in [0.15, 0.2) is 0 Å². The second-order valence-corrected chi connectivity index (χ2v) is 6.48. The van der Waals surface area contributed by atoms with Gasteiger partial charge in [-0.2, -0.15) is 0 Å². The molecule has 19 heavy (non-hydrogen) atoms. The number of carbonyl (C=O) groups excluding carboxylic acids is 1. The molecular weight excluding hydrogens is 238 g/mol. The van der Waals surface area contributed by atoms with Crippen molar-refractivity contribution in [3.8, 4) is 0 Å². The first-order chi connectivity index (χ1) is 8.84. The Labute approximate surface area is 112 Å². The summed E-state index contributed by atoms with van der Waals surface area (Å²) in [6.07, 6.45) is 1.64. The number of aromatic nitrogens is 2. The lowest BCUT2D eigenvalue weighted by atomic mass is 10.0. The Morgan fingerprint density at radius 2 is 1.95 bits per heavy atom. The minimum atomic E-state index is -0.0137. The van der Waals surface area contributed by atoms with E-state index in [0.29, 0.717) is 5.56 Å². The van der Waals surface area contributed by atoms with E-state index in [0.717, 1.165) is 11.0 Å². The highest BCUT2D eigenvalue weighted by Gasteiger charge is 2.65. The molecule has 0 bridgehead atoms. The fourth-order valence-electron chi connectivity index (χ4n) is 2.85. The summed E-state index contributed by atoms with van der Waals surface area (Å²) in [6, 6.07) is 5.76. The fourth-order valence-corrected chi connectivity index (χ4v) is 2.85. The van der Waals surface area contributed by atoms with E-state index in [1.165, 1.54) is 0 Å². The van der Waals surface area contributed by atoms with Gasteiger partial charge in [-0.25, -0.2) is 4.98 Å². The van der Waals surface area contributed by atoms with E-state index < -0.39 is 0 Å². The largest absolute Gasteiger partial charge is 0.348 e. The SMILES string of the molecule is CC1(C)C(NC(=O)c2ccc3nc[nH]c3c2)C1(C)C. The van der Waals surface area contributed by atoms with Crippen LogP contribution in [0.3, 0.4) is 0 Å². The van der Waals surface area contributed by atoms with Crippen LogP contribution in [-0.2, 0) is 0 Å². The third-order valence-corrected chi connectivity index (χ3v) is 4.98. The van der Waals surface area contributed by atoms with E-state index in [2.05, 4.69) is 43.0 Å². The lowest BCUT2D eigenvalue weighted by molar-refractivity contribution is 0.0944. The van der Waals surface area contributed by atoms with E-state index >= 15 is 0 Å². The van der Waals surface area contributed by atoms with Gasteiger partial charge < -0.3 is 10.3 Å². The van der Waals surface area contributed by atoms with E-state index in [1.54, 1.807) is 6.33 Å². The maximum Gasteiger partial charge on any atom is 0.251 e. The molecule has 1 aromatic carbocycles. The maximum atomic E-state index is 12.3. The predicted octanol–water partition coefficient (Wildman–Crippen LogP) is 2.73. The number of H-pyrrole nitrogens is 1. The molecule has 0 unspecified atom stereocenters. The molecule has 1 aliphatic rings. The number of aromatic amines is 1. The number of nitrogens with zero attached hydrogens (tertiary/aromatic N) is 1. The van der Waals surface area contributed by atoms with Crippen LogP contribution in [0.1, 0.15) is 38.1 Å². The Kier molecular flexibility index (Phi) is 2.31. The quantitative estimate of drug-likeness (QED) is 0.869. The number of fused-ring (bicyclic) bond motifs is 1. The molecule has 0 atom stereocenters. The van der Waals surface area contributed by atoms with Gasteiger partial charge in [0.05, 0.1) is 17.4 Å². The molecule has 0 radical (unpaired) electrons. The molecule has 4 nitrogen and oxygen atoms in total. The Morgan fingerprint density at radius 3 is 2.58 bits per heavy atom. The van der Waals surface area contributed by atoms with Crippen molar-refractivity contribution >= 4 is 16.9 Å². The van der Waals surface area contributed by atoms with Gasteiger partial charge in [-0.1, -0.05) is 27.7 Å². The van der Waals surface area contributed by atoms with E-state index in [-0.39, 0.29) is 22.8 Å². The van der Waals surface area contributed by atoms with Gasteiger partial charge in [-0.05, 0) is 29.0 Å². The standard InChI is InChI=1S/C15H19N3O/c1-14(2)13(15(14,3)4)18-12(19)9-5-6-10-11(7-9)17-8-16-10/h5-8,13H,1-4H3,(H,16,17)(H,18,19). The number of benzene rings is 1. The first kappa shape index (κ1) is 12.2. The number of amides is 1. The van der Waals surface area contributed by atoms with Crippen molar-refractivity contribution in [3.05, 3.63) is 30.1 Å². The lowest BCUT2D eigenvalue weighted by Gasteiger charge is -2.06. The summed E-state index contributed by atoms with van der Waals surface area (Å²) in [5, 5.41) is 3.13. The highest BCUT2D eigenvalue weighted by molar-refractivity contribution is 5.97. The molecule has 4 heteroatoms. The Morgan fingerprint density at radius 1 is 1.26 bits per heavy atom. The zero-order valence-corrected chi connectivity index (χ0v) is 11.7. The molecule has 3 rings (SSSR count). The number of nitrogens with one attached hydrogen (secondary N) is 2. The molecule has 2 aromatic rings. The monoisotopic (exact) mass is 257 g/mol. The van der Waals surface area contributed by atoms with Gasteiger partial charge in [-0.3, -0.25) is 4.79 Å². The normalized spacial score (nSPS) is 20.4. The van der Waals surface area contributed by atoms with E-state index in [1.807, 2.05) is 18.2 Å². The number of imidazole rings is 1. The predicted molar refractivity (Wildman–Crippen MR) is 74.9 cm³/mol. The van der Waals surface area contributed by atoms with Crippen LogP contribution in [0.25, 0.3) is 11.0 Å². The third kappa shape index (κ3) is 1.66. The number of carbonyl (C=O) groups is 1. The van der Waals surface area contributed by atoms with Crippen molar-refractivity contribution in [1.82, 2.24) is 15.3 Å². The molecule has 0 saturated heterocycles. The summed E-state index contributed by atoms with van der Waals surface area (Å²) in [4.78, 5) is 19.5. The molecule has 1 fully saturated rings. The fraction of sp³-hybridized carbons (Fsp3) is 0.467. The van der Waals surface area contributed by atoms with Gasteiger partial charge >= 0.3 is 0 Å². The Bertz CT molecular complexity index is 640. The van der Waals surface area contributed by atoms with Crippen LogP contribution in [0.5, 0.6) is 0 Å². The molecule has 0 spiro atoms. The summed E-state index contributed by atoms with van der Waals surface area (Å²) in [5.41, 5.74) is 2.75. The van der Waals surface area contributed by atoms with Crippen LogP contribution < -0.4 is 5.32 Å². The molecular formula is C15H19N3O. The number of rotatable bonds is 2. The average molecular weight is 257 g/mol. The topological polar surface area (TPSA) is 57.8 Å². The van der Waals surface area contributed by atoms with Crippen LogP contribution >= 0.6 is 0 Å². The van der Waals surface area contributed by atoms with Gasteiger partial charge in [0.2, 0.25) is 0 Å². The zero-order valence-electron chi connectivity index (χ0n) is 11.7.